The number of fused-ring (bicyclic) bond motifs is 1. The van der Waals surface area contributed by atoms with Crippen molar-refractivity contribution in [2.24, 2.45) is 0 Å². The molecule has 0 atom stereocenters. The van der Waals surface area contributed by atoms with Crippen LogP contribution in [0.5, 0.6) is 11.5 Å². The quantitative estimate of drug-likeness (QED) is 0.825. The molecule has 1 aromatic heterocycles. The van der Waals surface area contributed by atoms with Crippen molar-refractivity contribution in [1.29, 1.82) is 0 Å². The molecule has 8 nitrogen and oxygen atoms in total. The number of benzene rings is 1. The molecule has 0 saturated carbocycles. The van der Waals surface area contributed by atoms with Crippen molar-refractivity contribution < 1.29 is 9.47 Å². The molecule has 2 aromatic rings. The van der Waals surface area contributed by atoms with E-state index in [9.17, 15) is 0 Å². The zero-order chi connectivity index (χ0) is 18.8. The highest BCUT2D eigenvalue weighted by Gasteiger charge is 2.24. The van der Waals surface area contributed by atoms with E-state index in [1.54, 1.807) is 6.33 Å². The van der Waals surface area contributed by atoms with Crippen LogP contribution in [0, 0.1) is 0 Å². The normalized spacial score (nSPS) is 17.1. The number of likely N-dealkylation sites (tertiary alicyclic amines) is 1. The van der Waals surface area contributed by atoms with Gasteiger partial charge in [0.15, 0.2) is 23.1 Å². The summed E-state index contributed by atoms with van der Waals surface area (Å²) in [6.45, 7) is 3.05. The molecule has 0 radical (unpaired) electrons. The van der Waals surface area contributed by atoms with Gasteiger partial charge >= 0.3 is 0 Å². The van der Waals surface area contributed by atoms with Crippen molar-refractivity contribution in [3.8, 4) is 11.5 Å². The molecule has 3 heterocycles. The molecule has 0 unspecified atom stereocenters. The number of anilines is 3. The van der Waals surface area contributed by atoms with Crippen LogP contribution in [0.1, 0.15) is 18.4 Å². The van der Waals surface area contributed by atoms with E-state index in [0.29, 0.717) is 24.1 Å². The van der Waals surface area contributed by atoms with E-state index < -0.39 is 0 Å². The second-order valence-electron chi connectivity index (χ2n) is 7.15. The van der Waals surface area contributed by atoms with Gasteiger partial charge in [0.05, 0.1) is 0 Å². The molecule has 0 amide bonds. The van der Waals surface area contributed by atoms with Gasteiger partial charge in [0.1, 0.15) is 12.0 Å². The number of ether oxygens (including phenoxy) is 2. The minimum atomic E-state index is 0.276. The Morgan fingerprint density at radius 2 is 2.00 bits per heavy atom. The largest absolute Gasteiger partial charge is 0.454 e. The van der Waals surface area contributed by atoms with Gasteiger partial charge in [-0.25, -0.2) is 9.97 Å². The fraction of sp³-hybridized carbons (Fsp3) is 0.474. The van der Waals surface area contributed by atoms with E-state index in [-0.39, 0.29) is 6.79 Å². The van der Waals surface area contributed by atoms with Crippen molar-refractivity contribution >= 4 is 17.3 Å². The fourth-order valence-corrected chi connectivity index (χ4v) is 3.60. The molecule has 3 N–H and O–H groups in total. The number of nitrogens with one attached hydrogen (secondary N) is 1. The summed E-state index contributed by atoms with van der Waals surface area (Å²) in [6.07, 6.45) is 3.78. The minimum Gasteiger partial charge on any atom is -0.454 e. The zero-order valence-electron chi connectivity index (χ0n) is 15.8. The van der Waals surface area contributed by atoms with Gasteiger partial charge in [-0.3, -0.25) is 0 Å². The highest BCUT2D eigenvalue weighted by molar-refractivity contribution is 5.75. The Balaban J connectivity index is 1.45. The molecule has 144 valence electrons. The number of hydrogen-bond donors (Lipinski definition) is 2. The maximum absolute atomic E-state index is 6.39. The van der Waals surface area contributed by atoms with Crippen LogP contribution in [0.4, 0.5) is 17.3 Å². The number of piperidine rings is 1. The van der Waals surface area contributed by atoms with Crippen LogP contribution in [0.25, 0.3) is 0 Å². The molecule has 27 heavy (non-hydrogen) atoms. The van der Waals surface area contributed by atoms with Crippen LogP contribution in [0.2, 0.25) is 0 Å². The maximum Gasteiger partial charge on any atom is 0.231 e. The molecule has 1 aromatic carbocycles. The average molecular weight is 370 g/mol. The standard InChI is InChI=1S/C19H26N6O2/c1-24-7-5-14(6-8-24)25(2)19-17(20)18(22-11-23-19)21-10-13-3-4-15-16(9-13)27-12-26-15/h3-4,9,11,14H,5-8,10,12,20H2,1-2H3,(H,21,22,23). The Bertz CT molecular complexity index is 807. The van der Waals surface area contributed by atoms with Gasteiger partial charge in [-0.1, -0.05) is 6.07 Å². The minimum absolute atomic E-state index is 0.276. The van der Waals surface area contributed by atoms with E-state index in [2.05, 4.69) is 39.2 Å². The highest BCUT2D eigenvalue weighted by Crippen LogP contribution is 2.33. The summed E-state index contributed by atoms with van der Waals surface area (Å²) in [5.41, 5.74) is 8.04. The Kier molecular flexibility index (Phi) is 4.89. The van der Waals surface area contributed by atoms with Crippen LogP contribution in [0.3, 0.4) is 0 Å². The van der Waals surface area contributed by atoms with Crippen LogP contribution in [0.15, 0.2) is 24.5 Å². The lowest BCUT2D eigenvalue weighted by molar-refractivity contribution is 0.174. The van der Waals surface area contributed by atoms with Gasteiger partial charge in [-0.15, -0.1) is 0 Å². The van der Waals surface area contributed by atoms with Crippen LogP contribution >= 0.6 is 0 Å². The predicted octanol–water partition coefficient (Wildman–Crippen LogP) is 1.93. The average Bonchev–Trinajstić information content (AvgIpc) is 3.15. The van der Waals surface area contributed by atoms with Gasteiger partial charge in [0.2, 0.25) is 6.79 Å². The van der Waals surface area contributed by atoms with Crippen molar-refractivity contribution in [1.82, 2.24) is 14.9 Å². The smallest absolute Gasteiger partial charge is 0.231 e. The number of nitrogens with zero attached hydrogens (tertiary/aromatic N) is 4. The van der Waals surface area contributed by atoms with Gasteiger partial charge in [0.25, 0.3) is 0 Å². The molecule has 4 rings (SSSR count). The molecule has 0 spiro atoms. The van der Waals surface area contributed by atoms with Gasteiger partial charge in [-0.2, -0.15) is 0 Å². The predicted molar refractivity (Wildman–Crippen MR) is 105 cm³/mol. The lowest BCUT2D eigenvalue weighted by Crippen LogP contribution is -2.42. The first-order valence-corrected chi connectivity index (χ1v) is 9.26. The van der Waals surface area contributed by atoms with E-state index >= 15 is 0 Å². The topological polar surface area (TPSA) is 88.8 Å². The SMILES string of the molecule is CN1CCC(N(C)c2ncnc(NCc3ccc4c(c3)OCO4)c2N)CC1. The van der Waals surface area contributed by atoms with Crippen LogP contribution in [-0.2, 0) is 6.54 Å². The second kappa shape index (κ2) is 7.48. The first kappa shape index (κ1) is 17.7. The van der Waals surface area contributed by atoms with Crippen molar-refractivity contribution in [2.75, 3.05) is 49.9 Å². The van der Waals surface area contributed by atoms with E-state index in [0.717, 1.165) is 48.8 Å². The molecule has 2 aliphatic heterocycles. The summed E-state index contributed by atoms with van der Waals surface area (Å²) in [4.78, 5) is 13.3. The van der Waals surface area contributed by atoms with E-state index in [1.165, 1.54) is 0 Å². The second-order valence-corrected chi connectivity index (χ2v) is 7.15. The first-order chi connectivity index (χ1) is 13.1. The summed E-state index contributed by atoms with van der Waals surface area (Å²) in [5, 5.41) is 3.32. The Morgan fingerprint density at radius 1 is 1.22 bits per heavy atom. The van der Waals surface area contributed by atoms with Crippen LogP contribution in [-0.4, -0.2) is 54.9 Å². The molecule has 1 saturated heterocycles. The molecule has 1 fully saturated rings. The molecular formula is C19H26N6O2. The molecule has 8 heteroatoms. The van der Waals surface area contributed by atoms with Gasteiger partial charge in [0, 0.05) is 19.6 Å². The summed E-state index contributed by atoms with van der Waals surface area (Å²) in [6, 6.07) is 6.34. The summed E-state index contributed by atoms with van der Waals surface area (Å²) in [7, 11) is 4.23. The summed E-state index contributed by atoms with van der Waals surface area (Å²) < 4.78 is 10.8. The van der Waals surface area contributed by atoms with E-state index in [4.69, 9.17) is 15.2 Å². The number of aromatic nitrogens is 2. The van der Waals surface area contributed by atoms with Crippen LogP contribution < -0.4 is 25.4 Å². The lowest BCUT2D eigenvalue weighted by Gasteiger charge is -2.36. The van der Waals surface area contributed by atoms with Gasteiger partial charge in [-0.05, 0) is 50.7 Å². The fourth-order valence-electron chi connectivity index (χ4n) is 3.60. The molecule has 0 aliphatic carbocycles. The number of nitrogens with two attached hydrogens (primary N) is 1. The van der Waals surface area contributed by atoms with Crippen molar-refractivity contribution in [3.63, 3.8) is 0 Å². The third-order valence-electron chi connectivity index (χ3n) is 5.33. The summed E-state index contributed by atoms with van der Waals surface area (Å²) in [5.74, 6) is 2.99. The maximum atomic E-state index is 6.39. The molecule has 2 aliphatic rings. The van der Waals surface area contributed by atoms with E-state index in [1.807, 2.05) is 18.2 Å². The molecular weight excluding hydrogens is 344 g/mol. The molecule has 0 bridgehead atoms. The van der Waals surface area contributed by atoms with Crippen molar-refractivity contribution in [3.05, 3.63) is 30.1 Å². The Labute approximate surface area is 159 Å². The monoisotopic (exact) mass is 370 g/mol. The highest BCUT2D eigenvalue weighted by atomic mass is 16.7. The number of hydrogen-bond acceptors (Lipinski definition) is 8. The number of rotatable bonds is 5. The lowest BCUT2D eigenvalue weighted by atomic mass is 10.0. The third-order valence-corrected chi connectivity index (χ3v) is 5.33. The van der Waals surface area contributed by atoms with Crippen molar-refractivity contribution in [2.45, 2.75) is 25.4 Å². The Morgan fingerprint density at radius 3 is 2.81 bits per heavy atom. The Hall–Kier alpha value is -2.74. The third kappa shape index (κ3) is 3.71. The first-order valence-electron chi connectivity index (χ1n) is 9.26. The number of nitrogen functional groups attached to an aromatic ring is 1. The zero-order valence-corrected chi connectivity index (χ0v) is 15.8. The van der Waals surface area contributed by atoms with Gasteiger partial charge < -0.3 is 30.3 Å². The summed E-state index contributed by atoms with van der Waals surface area (Å²) >= 11 is 0.